The quantitative estimate of drug-likeness (QED) is 0.708. The lowest BCUT2D eigenvalue weighted by molar-refractivity contribution is 0.937. The molecule has 1 fully saturated rings. The molecule has 0 atom stereocenters. The topological polar surface area (TPSA) is 36.7 Å². The molecule has 0 bridgehead atoms. The Kier molecular flexibility index (Phi) is 1.79. The number of aromatic nitrogens is 1. The number of thiophene rings is 1. The van der Waals surface area contributed by atoms with E-state index in [4.69, 9.17) is 16.9 Å². The number of pyridine rings is 1. The molecule has 0 saturated heterocycles. The molecule has 0 radical (unpaired) electrons. The van der Waals surface area contributed by atoms with Crippen molar-refractivity contribution in [2.24, 2.45) is 0 Å². The first-order chi connectivity index (χ1) is 7.23. The van der Waals surface area contributed by atoms with E-state index in [9.17, 15) is 0 Å². The standard InChI is InChI=1S/C11H7ClN2S/c12-10-2-1-8-7(14-10)5-9(15-8)11(6-13)3-4-11/h1-2,5H,3-4H2. The van der Waals surface area contributed by atoms with Crippen LogP contribution in [0, 0.1) is 11.3 Å². The monoisotopic (exact) mass is 234 g/mol. The Morgan fingerprint density at radius 2 is 2.27 bits per heavy atom. The van der Waals surface area contributed by atoms with E-state index in [-0.39, 0.29) is 5.41 Å². The van der Waals surface area contributed by atoms with Crippen LogP contribution in [0.2, 0.25) is 5.15 Å². The Labute approximate surface area is 96.1 Å². The van der Waals surface area contributed by atoms with Crippen molar-refractivity contribution in [2.45, 2.75) is 18.3 Å². The van der Waals surface area contributed by atoms with Crippen LogP contribution in [0.15, 0.2) is 18.2 Å². The molecular formula is C11H7ClN2S. The lowest BCUT2D eigenvalue weighted by atomic mass is 10.1. The predicted octanol–water partition coefficient (Wildman–Crippen LogP) is 3.50. The van der Waals surface area contributed by atoms with Gasteiger partial charge in [-0.05, 0) is 31.0 Å². The van der Waals surface area contributed by atoms with Gasteiger partial charge in [0.15, 0.2) is 0 Å². The molecule has 3 rings (SSSR count). The molecule has 2 heterocycles. The number of hydrogen-bond donors (Lipinski definition) is 0. The van der Waals surface area contributed by atoms with Gasteiger partial charge in [-0.2, -0.15) is 5.26 Å². The molecular weight excluding hydrogens is 228 g/mol. The Hall–Kier alpha value is -1.11. The molecule has 0 amide bonds. The Morgan fingerprint density at radius 3 is 2.93 bits per heavy atom. The third kappa shape index (κ3) is 1.33. The van der Waals surface area contributed by atoms with E-state index in [0.717, 1.165) is 27.9 Å². The van der Waals surface area contributed by atoms with Crippen LogP contribution in [0.5, 0.6) is 0 Å². The molecule has 2 aromatic heterocycles. The van der Waals surface area contributed by atoms with Gasteiger partial charge in [-0.1, -0.05) is 11.6 Å². The van der Waals surface area contributed by atoms with Crippen molar-refractivity contribution >= 4 is 33.2 Å². The van der Waals surface area contributed by atoms with Crippen LogP contribution in [-0.2, 0) is 5.41 Å². The Balaban J connectivity index is 2.19. The number of fused-ring (bicyclic) bond motifs is 1. The molecule has 1 aliphatic rings. The van der Waals surface area contributed by atoms with Crippen LogP contribution >= 0.6 is 22.9 Å². The van der Waals surface area contributed by atoms with Gasteiger partial charge >= 0.3 is 0 Å². The van der Waals surface area contributed by atoms with Gasteiger partial charge in [0, 0.05) is 4.88 Å². The summed E-state index contributed by atoms with van der Waals surface area (Å²) in [5.41, 5.74) is 0.696. The highest BCUT2D eigenvalue weighted by molar-refractivity contribution is 7.19. The van der Waals surface area contributed by atoms with E-state index >= 15 is 0 Å². The van der Waals surface area contributed by atoms with Crippen LogP contribution in [0.3, 0.4) is 0 Å². The van der Waals surface area contributed by atoms with Crippen LogP contribution in [0.4, 0.5) is 0 Å². The van der Waals surface area contributed by atoms with Crippen LogP contribution in [-0.4, -0.2) is 4.98 Å². The van der Waals surface area contributed by atoms with E-state index < -0.39 is 0 Å². The van der Waals surface area contributed by atoms with E-state index in [1.165, 1.54) is 0 Å². The maximum absolute atomic E-state index is 9.10. The van der Waals surface area contributed by atoms with Gasteiger partial charge in [-0.15, -0.1) is 11.3 Å². The number of nitriles is 1. The van der Waals surface area contributed by atoms with Gasteiger partial charge in [0.25, 0.3) is 0 Å². The molecule has 0 unspecified atom stereocenters. The number of nitrogens with zero attached hydrogens (tertiary/aromatic N) is 2. The highest BCUT2D eigenvalue weighted by atomic mass is 35.5. The van der Waals surface area contributed by atoms with Crippen LogP contribution < -0.4 is 0 Å². The lowest BCUT2D eigenvalue weighted by Crippen LogP contribution is -1.97. The summed E-state index contributed by atoms with van der Waals surface area (Å²) in [6, 6.07) is 8.15. The summed E-state index contributed by atoms with van der Waals surface area (Å²) in [5.74, 6) is 0. The molecule has 0 aromatic carbocycles. The zero-order chi connectivity index (χ0) is 10.5. The van der Waals surface area contributed by atoms with Crippen LogP contribution in [0.1, 0.15) is 17.7 Å². The molecule has 15 heavy (non-hydrogen) atoms. The minimum Gasteiger partial charge on any atom is -0.235 e. The van der Waals surface area contributed by atoms with Gasteiger partial charge in [-0.3, -0.25) is 0 Å². The second kappa shape index (κ2) is 2.94. The normalized spacial score (nSPS) is 17.6. The van der Waals surface area contributed by atoms with Gasteiger partial charge < -0.3 is 0 Å². The summed E-state index contributed by atoms with van der Waals surface area (Å²) < 4.78 is 1.11. The molecule has 1 aliphatic carbocycles. The minimum absolute atomic E-state index is 0.210. The van der Waals surface area contributed by atoms with Crippen molar-refractivity contribution in [3.05, 3.63) is 28.2 Å². The molecule has 0 N–H and O–H groups in total. The van der Waals surface area contributed by atoms with Gasteiger partial charge in [0.2, 0.25) is 0 Å². The molecule has 2 nitrogen and oxygen atoms in total. The summed E-state index contributed by atoms with van der Waals surface area (Å²) in [6.45, 7) is 0. The van der Waals surface area contributed by atoms with Crippen LogP contribution in [0.25, 0.3) is 10.2 Å². The molecule has 2 aromatic rings. The zero-order valence-electron chi connectivity index (χ0n) is 7.83. The summed E-state index contributed by atoms with van der Waals surface area (Å²) in [7, 11) is 0. The molecule has 4 heteroatoms. The maximum atomic E-state index is 9.10. The Bertz CT molecular complexity index is 578. The first-order valence-electron chi connectivity index (χ1n) is 4.71. The summed E-state index contributed by atoms with van der Waals surface area (Å²) in [4.78, 5) is 5.37. The Morgan fingerprint density at radius 1 is 1.47 bits per heavy atom. The third-order valence-electron chi connectivity index (χ3n) is 2.78. The largest absolute Gasteiger partial charge is 0.235 e. The molecule has 1 saturated carbocycles. The lowest BCUT2D eigenvalue weighted by Gasteiger charge is -1.97. The van der Waals surface area contributed by atoms with E-state index in [1.54, 1.807) is 17.4 Å². The summed E-state index contributed by atoms with van der Waals surface area (Å²) >= 11 is 7.48. The average Bonchev–Trinajstić information content (AvgIpc) is 2.93. The van der Waals surface area contributed by atoms with Crippen molar-refractivity contribution < 1.29 is 0 Å². The first kappa shape index (κ1) is 9.14. The van der Waals surface area contributed by atoms with Crippen molar-refractivity contribution in [2.75, 3.05) is 0 Å². The van der Waals surface area contributed by atoms with Crippen molar-refractivity contribution in [3.63, 3.8) is 0 Å². The van der Waals surface area contributed by atoms with Crippen molar-refractivity contribution in [1.29, 1.82) is 5.26 Å². The summed E-state index contributed by atoms with van der Waals surface area (Å²) in [5, 5.41) is 9.61. The fourth-order valence-corrected chi connectivity index (χ4v) is 3.03. The first-order valence-corrected chi connectivity index (χ1v) is 5.91. The van der Waals surface area contributed by atoms with Crippen molar-refractivity contribution in [1.82, 2.24) is 4.98 Å². The average molecular weight is 235 g/mol. The highest BCUT2D eigenvalue weighted by Crippen LogP contribution is 2.50. The number of rotatable bonds is 1. The number of halogens is 1. The smallest absolute Gasteiger partial charge is 0.129 e. The molecule has 0 spiro atoms. The molecule has 74 valence electrons. The van der Waals surface area contributed by atoms with Gasteiger partial charge in [0.05, 0.1) is 21.7 Å². The fourth-order valence-electron chi connectivity index (χ4n) is 1.67. The SMILES string of the molecule is N#CC1(c2cc3nc(Cl)ccc3s2)CC1. The predicted molar refractivity (Wildman–Crippen MR) is 61.2 cm³/mol. The van der Waals surface area contributed by atoms with E-state index in [2.05, 4.69) is 11.1 Å². The third-order valence-corrected chi connectivity index (χ3v) is 4.28. The second-order valence-corrected chi connectivity index (χ2v) is 5.29. The zero-order valence-corrected chi connectivity index (χ0v) is 9.40. The second-order valence-electron chi connectivity index (χ2n) is 3.82. The molecule has 0 aliphatic heterocycles. The van der Waals surface area contributed by atoms with Gasteiger partial charge in [-0.25, -0.2) is 4.98 Å². The van der Waals surface area contributed by atoms with Gasteiger partial charge in [0.1, 0.15) is 5.15 Å². The van der Waals surface area contributed by atoms with E-state index in [1.807, 2.05) is 12.1 Å². The highest BCUT2D eigenvalue weighted by Gasteiger charge is 2.46. The summed E-state index contributed by atoms with van der Waals surface area (Å²) in [6.07, 6.45) is 1.95. The number of hydrogen-bond acceptors (Lipinski definition) is 3. The minimum atomic E-state index is -0.210. The van der Waals surface area contributed by atoms with Crippen molar-refractivity contribution in [3.8, 4) is 6.07 Å². The van der Waals surface area contributed by atoms with E-state index in [0.29, 0.717) is 5.15 Å². The maximum Gasteiger partial charge on any atom is 0.129 e. The fraction of sp³-hybridized carbons (Fsp3) is 0.273.